The summed E-state index contributed by atoms with van der Waals surface area (Å²) in [5.74, 6) is 0.695. The van der Waals surface area contributed by atoms with Gasteiger partial charge < -0.3 is 9.73 Å². The highest BCUT2D eigenvalue weighted by atomic mass is 79.9. The molecule has 1 amide bonds. The van der Waals surface area contributed by atoms with Crippen LogP contribution in [-0.2, 0) is 4.79 Å². The van der Waals surface area contributed by atoms with Gasteiger partial charge in [-0.05, 0) is 25.0 Å². The average Bonchev–Trinajstić information content (AvgIpc) is 2.86. The zero-order valence-electron chi connectivity index (χ0n) is 11.4. The number of anilines is 1. The van der Waals surface area contributed by atoms with Gasteiger partial charge in [-0.1, -0.05) is 28.1 Å². The number of rotatable bonds is 6. The lowest BCUT2D eigenvalue weighted by molar-refractivity contribution is -0.116. The Kier molecular flexibility index (Phi) is 5.35. The molecule has 1 heterocycles. The van der Waals surface area contributed by atoms with Crippen molar-refractivity contribution < 1.29 is 9.21 Å². The number of benzene rings is 1. The number of oxazole rings is 1. The summed E-state index contributed by atoms with van der Waals surface area (Å²) in [5, 5.41) is 3.82. The molecule has 0 unspecified atom stereocenters. The third kappa shape index (κ3) is 4.20. The van der Waals surface area contributed by atoms with Crippen LogP contribution in [0.25, 0.3) is 11.3 Å². The van der Waals surface area contributed by atoms with Gasteiger partial charge in [0.05, 0.1) is 0 Å². The van der Waals surface area contributed by atoms with Crippen LogP contribution in [0, 0.1) is 6.92 Å². The maximum absolute atomic E-state index is 11.7. The second-order valence-corrected chi connectivity index (χ2v) is 5.32. The molecule has 0 aliphatic heterocycles. The molecule has 1 aromatic carbocycles. The molecule has 0 aliphatic carbocycles. The van der Waals surface area contributed by atoms with Gasteiger partial charge in [0, 0.05) is 29.9 Å². The number of halogens is 1. The highest BCUT2D eigenvalue weighted by molar-refractivity contribution is 9.09. The highest BCUT2D eigenvalue weighted by Crippen LogP contribution is 2.20. The summed E-state index contributed by atoms with van der Waals surface area (Å²) in [4.78, 5) is 16.0. The molecule has 0 aliphatic rings. The topological polar surface area (TPSA) is 55.1 Å². The van der Waals surface area contributed by atoms with Crippen molar-refractivity contribution in [2.75, 3.05) is 10.6 Å². The average molecular weight is 337 g/mol. The highest BCUT2D eigenvalue weighted by Gasteiger charge is 2.05. The van der Waals surface area contributed by atoms with Crippen LogP contribution in [0.15, 0.2) is 34.9 Å². The number of carbonyl (C=O) groups excluding carboxylic acids is 1. The number of nitrogens with zero attached hydrogens (tertiary/aromatic N) is 1. The number of amides is 1. The third-order valence-corrected chi connectivity index (χ3v) is 3.43. The lowest BCUT2D eigenvalue weighted by atomic mass is 10.1. The molecule has 0 bridgehead atoms. The number of carbonyl (C=O) groups is 1. The van der Waals surface area contributed by atoms with E-state index in [9.17, 15) is 4.79 Å². The Morgan fingerprint density at radius 2 is 2.05 bits per heavy atom. The fourth-order valence-electron chi connectivity index (χ4n) is 1.82. The van der Waals surface area contributed by atoms with E-state index < -0.39 is 0 Å². The molecule has 20 heavy (non-hydrogen) atoms. The molecule has 0 fully saturated rings. The quantitative estimate of drug-likeness (QED) is 0.636. The summed E-state index contributed by atoms with van der Waals surface area (Å²) in [6.45, 7) is 1.81. The van der Waals surface area contributed by atoms with Gasteiger partial charge in [0.25, 0.3) is 0 Å². The molecule has 0 saturated heterocycles. The second-order valence-electron chi connectivity index (χ2n) is 4.52. The zero-order chi connectivity index (χ0) is 14.4. The van der Waals surface area contributed by atoms with Gasteiger partial charge in [0.1, 0.15) is 12.0 Å². The van der Waals surface area contributed by atoms with Crippen molar-refractivity contribution in [3.63, 3.8) is 0 Å². The molecule has 0 atom stereocenters. The van der Waals surface area contributed by atoms with Gasteiger partial charge in [-0.25, -0.2) is 4.98 Å². The van der Waals surface area contributed by atoms with Gasteiger partial charge in [-0.15, -0.1) is 0 Å². The first kappa shape index (κ1) is 14.8. The van der Waals surface area contributed by atoms with E-state index in [1.165, 1.54) is 0 Å². The van der Waals surface area contributed by atoms with Crippen LogP contribution >= 0.6 is 15.9 Å². The van der Waals surface area contributed by atoms with Crippen molar-refractivity contribution in [1.29, 1.82) is 0 Å². The number of hydrogen-bond acceptors (Lipinski definition) is 3. The van der Waals surface area contributed by atoms with E-state index in [4.69, 9.17) is 4.42 Å². The number of unbranched alkanes of at least 4 members (excludes halogenated alkanes) is 1. The summed E-state index contributed by atoms with van der Waals surface area (Å²) < 4.78 is 5.18. The van der Waals surface area contributed by atoms with Crippen molar-refractivity contribution >= 4 is 27.5 Å². The van der Waals surface area contributed by atoms with E-state index in [0.29, 0.717) is 12.3 Å². The van der Waals surface area contributed by atoms with E-state index in [-0.39, 0.29) is 5.91 Å². The van der Waals surface area contributed by atoms with Crippen LogP contribution in [0.1, 0.15) is 25.2 Å². The molecule has 0 radical (unpaired) electrons. The number of nitrogens with one attached hydrogen (secondary N) is 1. The summed E-state index contributed by atoms with van der Waals surface area (Å²) in [5.41, 5.74) is 2.58. The maximum Gasteiger partial charge on any atom is 0.224 e. The number of aromatic nitrogens is 1. The molecule has 2 rings (SSSR count). The smallest absolute Gasteiger partial charge is 0.224 e. The first-order valence-electron chi connectivity index (χ1n) is 6.57. The van der Waals surface area contributed by atoms with E-state index in [2.05, 4.69) is 26.2 Å². The summed E-state index contributed by atoms with van der Waals surface area (Å²) in [6.07, 6.45) is 4.09. The van der Waals surface area contributed by atoms with Crippen LogP contribution in [0.3, 0.4) is 0 Å². The maximum atomic E-state index is 11.7. The van der Waals surface area contributed by atoms with Crippen LogP contribution < -0.4 is 5.32 Å². The molecule has 5 heteroatoms. The third-order valence-electron chi connectivity index (χ3n) is 2.87. The predicted octanol–water partition coefficient (Wildman–Crippen LogP) is 4.15. The number of alkyl halides is 1. The minimum absolute atomic E-state index is 0.0518. The number of hydrogen-bond donors (Lipinski definition) is 1. The summed E-state index contributed by atoms with van der Waals surface area (Å²) in [7, 11) is 0. The fraction of sp³-hybridized carbons (Fsp3) is 0.333. The van der Waals surface area contributed by atoms with Gasteiger partial charge >= 0.3 is 0 Å². The van der Waals surface area contributed by atoms with Crippen molar-refractivity contribution in [2.45, 2.75) is 26.2 Å². The second kappa shape index (κ2) is 7.24. The Labute approximate surface area is 126 Å². The predicted molar refractivity (Wildman–Crippen MR) is 83.0 cm³/mol. The van der Waals surface area contributed by atoms with E-state index in [1.807, 2.05) is 31.2 Å². The SMILES string of the molecule is Cc1nc(-c2ccc(NC(=O)CCCCBr)cc2)co1. The molecule has 0 spiro atoms. The van der Waals surface area contributed by atoms with Crippen molar-refractivity contribution in [1.82, 2.24) is 4.98 Å². The molecule has 0 saturated carbocycles. The van der Waals surface area contributed by atoms with Crippen LogP contribution in [0.4, 0.5) is 5.69 Å². The Morgan fingerprint density at radius 3 is 2.65 bits per heavy atom. The van der Waals surface area contributed by atoms with E-state index >= 15 is 0 Å². The first-order valence-corrected chi connectivity index (χ1v) is 7.69. The zero-order valence-corrected chi connectivity index (χ0v) is 12.9. The van der Waals surface area contributed by atoms with Crippen LogP contribution in [0.2, 0.25) is 0 Å². The Morgan fingerprint density at radius 1 is 1.30 bits per heavy atom. The first-order chi connectivity index (χ1) is 9.69. The van der Waals surface area contributed by atoms with Gasteiger partial charge in [-0.2, -0.15) is 0 Å². The molecule has 1 N–H and O–H groups in total. The standard InChI is InChI=1S/C15H17BrN2O2/c1-11-17-14(10-20-11)12-5-7-13(8-6-12)18-15(19)4-2-3-9-16/h5-8,10H,2-4,9H2,1H3,(H,18,19). The van der Waals surface area contributed by atoms with Crippen molar-refractivity contribution in [3.8, 4) is 11.3 Å². The molecule has 2 aromatic rings. The molecule has 106 valence electrons. The normalized spacial score (nSPS) is 10.5. The lowest BCUT2D eigenvalue weighted by Crippen LogP contribution is -2.10. The Bertz CT molecular complexity index is 564. The molecular formula is C15H17BrN2O2. The summed E-state index contributed by atoms with van der Waals surface area (Å²) in [6, 6.07) is 7.60. The van der Waals surface area contributed by atoms with Crippen molar-refractivity contribution in [3.05, 3.63) is 36.4 Å². The molecule has 1 aromatic heterocycles. The monoisotopic (exact) mass is 336 g/mol. The minimum Gasteiger partial charge on any atom is -0.449 e. The van der Waals surface area contributed by atoms with E-state index in [0.717, 1.165) is 35.1 Å². The summed E-state index contributed by atoms with van der Waals surface area (Å²) >= 11 is 3.35. The Hall–Kier alpha value is -1.62. The van der Waals surface area contributed by atoms with Crippen molar-refractivity contribution in [2.24, 2.45) is 0 Å². The lowest BCUT2D eigenvalue weighted by Gasteiger charge is -2.05. The molecule has 4 nitrogen and oxygen atoms in total. The molecular weight excluding hydrogens is 320 g/mol. The Balaban J connectivity index is 1.93. The van der Waals surface area contributed by atoms with Gasteiger partial charge in [-0.3, -0.25) is 4.79 Å². The largest absolute Gasteiger partial charge is 0.449 e. The fourth-order valence-corrected chi connectivity index (χ4v) is 2.22. The van der Waals surface area contributed by atoms with E-state index in [1.54, 1.807) is 6.26 Å². The van der Waals surface area contributed by atoms with Gasteiger partial charge in [0.2, 0.25) is 5.91 Å². The van der Waals surface area contributed by atoms with Crippen LogP contribution in [-0.4, -0.2) is 16.2 Å². The van der Waals surface area contributed by atoms with Crippen LogP contribution in [0.5, 0.6) is 0 Å². The number of aryl methyl sites for hydroxylation is 1. The minimum atomic E-state index is 0.0518. The van der Waals surface area contributed by atoms with Gasteiger partial charge in [0.15, 0.2) is 5.89 Å².